The number of halogens is 3. The zero-order valence-corrected chi connectivity index (χ0v) is 20.6. The van der Waals surface area contributed by atoms with Crippen LogP contribution < -0.4 is 10.1 Å². The predicted octanol–water partition coefficient (Wildman–Crippen LogP) is 8.27. The topological polar surface area (TPSA) is 83.7 Å². The maximum absolute atomic E-state index is 13.0. The van der Waals surface area contributed by atoms with Gasteiger partial charge in [0.2, 0.25) is 0 Å². The second-order valence-corrected chi connectivity index (χ2v) is 8.92. The van der Waals surface area contributed by atoms with Crippen molar-refractivity contribution >= 4 is 33.2 Å². The van der Waals surface area contributed by atoms with Crippen molar-refractivity contribution in [2.24, 2.45) is 0 Å². The highest BCUT2D eigenvalue weighted by Gasteiger charge is 2.30. The summed E-state index contributed by atoms with van der Waals surface area (Å²) in [6.45, 7) is 0. The van der Waals surface area contributed by atoms with E-state index in [0.29, 0.717) is 39.7 Å². The first kappa shape index (κ1) is 24.8. The van der Waals surface area contributed by atoms with Gasteiger partial charge >= 0.3 is 6.18 Å². The molecule has 6 aromatic rings. The molecule has 1 N–H and O–H groups in total. The Bertz CT molecular complexity index is 1900. The lowest BCUT2D eigenvalue weighted by Gasteiger charge is -2.13. The second-order valence-electron chi connectivity index (χ2n) is 8.92. The molecule has 0 saturated carbocycles. The maximum Gasteiger partial charge on any atom is 0.416 e. The summed E-state index contributed by atoms with van der Waals surface area (Å²) in [7, 11) is 0. The Balaban J connectivity index is 1.25. The fourth-order valence-corrected chi connectivity index (χ4v) is 4.38. The lowest BCUT2D eigenvalue weighted by Crippen LogP contribution is -2.04. The molecule has 0 saturated heterocycles. The molecule has 9 heteroatoms. The summed E-state index contributed by atoms with van der Waals surface area (Å²) in [5.41, 5.74) is 2.25. The molecule has 0 unspecified atom stereocenters. The first-order valence-electron chi connectivity index (χ1n) is 12.2. The van der Waals surface area contributed by atoms with Crippen LogP contribution in [0.15, 0.2) is 103 Å². The standard InChI is InChI=1S/C31H18F3N5O/c32-31(33,34)21-8-6-20(7-9-21)29-24-3-1-2-4-25(24)30(39-38-29)37-22-10-12-23(13-11-22)40-28-15-16-36-27-17-19(18-35)5-14-26(27)28/h1-17H,(H,37,39). The Morgan fingerprint density at radius 3 is 2.25 bits per heavy atom. The van der Waals surface area contributed by atoms with Crippen molar-refractivity contribution in [1.82, 2.24) is 15.2 Å². The Labute approximate surface area is 226 Å². The molecule has 40 heavy (non-hydrogen) atoms. The van der Waals surface area contributed by atoms with Gasteiger partial charge in [0.15, 0.2) is 5.82 Å². The van der Waals surface area contributed by atoms with Gasteiger partial charge in [-0.3, -0.25) is 4.98 Å². The number of hydrogen-bond donors (Lipinski definition) is 1. The van der Waals surface area contributed by atoms with Gasteiger partial charge < -0.3 is 10.1 Å². The predicted molar refractivity (Wildman–Crippen MR) is 146 cm³/mol. The Morgan fingerprint density at radius 2 is 1.52 bits per heavy atom. The summed E-state index contributed by atoms with van der Waals surface area (Å²) < 4.78 is 45.1. The normalized spacial score (nSPS) is 11.3. The molecule has 0 spiro atoms. The number of anilines is 2. The zero-order chi connectivity index (χ0) is 27.7. The number of rotatable bonds is 5. The third-order valence-corrected chi connectivity index (χ3v) is 6.35. The molecule has 0 fully saturated rings. The minimum absolute atomic E-state index is 0.491. The number of nitrogens with zero attached hydrogens (tertiary/aromatic N) is 4. The van der Waals surface area contributed by atoms with E-state index < -0.39 is 11.7 Å². The number of nitriles is 1. The average Bonchev–Trinajstić information content (AvgIpc) is 2.98. The molecule has 0 amide bonds. The van der Waals surface area contributed by atoms with Crippen LogP contribution in [0.4, 0.5) is 24.7 Å². The van der Waals surface area contributed by atoms with Crippen molar-refractivity contribution in [3.05, 3.63) is 114 Å². The van der Waals surface area contributed by atoms with Gasteiger partial charge in [-0.25, -0.2) is 0 Å². The van der Waals surface area contributed by atoms with Gasteiger partial charge in [-0.15, -0.1) is 10.2 Å². The van der Waals surface area contributed by atoms with Crippen molar-refractivity contribution in [3.63, 3.8) is 0 Å². The van der Waals surface area contributed by atoms with Crippen molar-refractivity contribution in [3.8, 4) is 28.8 Å². The summed E-state index contributed by atoms with van der Waals surface area (Å²) in [4.78, 5) is 4.32. The van der Waals surface area contributed by atoms with Gasteiger partial charge in [-0.1, -0.05) is 36.4 Å². The van der Waals surface area contributed by atoms with Gasteiger partial charge in [-0.2, -0.15) is 18.4 Å². The van der Waals surface area contributed by atoms with Gasteiger partial charge in [0.25, 0.3) is 0 Å². The lowest BCUT2D eigenvalue weighted by molar-refractivity contribution is -0.137. The molecule has 6 nitrogen and oxygen atoms in total. The number of pyridine rings is 1. The molecule has 2 aromatic heterocycles. The molecular weight excluding hydrogens is 515 g/mol. The van der Waals surface area contributed by atoms with E-state index in [9.17, 15) is 13.2 Å². The minimum atomic E-state index is -4.41. The summed E-state index contributed by atoms with van der Waals surface area (Å²) in [5, 5.41) is 23.4. The third-order valence-electron chi connectivity index (χ3n) is 6.35. The summed E-state index contributed by atoms with van der Waals surface area (Å²) in [5.74, 6) is 1.73. The van der Waals surface area contributed by atoms with Crippen LogP contribution in [0.2, 0.25) is 0 Å². The first-order valence-corrected chi connectivity index (χ1v) is 12.2. The van der Waals surface area contributed by atoms with Crippen molar-refractivity contribution in [2.75, 3.05) is 5.32 Å². The Kier molecular flexibility index (Phi) is 6.21. The minimum Gasteiger partial charge on any atom is -0.457 e. The van der Waals surface area contributed by atoms with E-state index in [1.54, 1.807) is 24.4 Å². The Morgan fingerprint density at radius 1 is 0.775 bits per heavy atom. The molecule has 0 aliphatic rings. The van der Waals surface area contributed by atoms with Crippen LogP contribution in [-0.4, -0.2) is 15.2 Å². The van der Waals surface area contributed by atoms with Crippen LogP contribution in [0.3, 0.4) is 0 Å². The smallest absolute Gasteiger partial charge is 0.416 e. The van der Waals surface area contributed by atoms with Crippen LogP contribution >= 0.6 is 0 Å². The summed E-state index contributed by atoms with van der Waals surface area (Å²) in [6.07, 6.45) is -2.78. The van der Waals surface area contributed by atoms with Gasteiger partial charge in [0.1, 0.15) is 17.2 Å². The van der Waals surface area contributed by atoms with Gasteiger partial charge in [0.05, 0.1) is 22.7 Å². The number of benzene rings is 4. The van der Waals surface area contributed by atoms with Crippen LogP contribution in [0.1, 0.15) is 11.1 Å². The van der Waals surface area contributed by atoms with Gasteiger partial charge in [0, 0.05) is 33.6 Å². The van der Waals surface area contributed by atoms with E-state index in [1.165, 1.54) is 12.1 Å². The van der Waals surface area contributed by atoms with Crippen LogP contribution in [0.5, 0.6) is 11.5 Å². The number of fused-ring (bicyclic) bond motifs is 2. The van der Waals surface area contributed by atoms with Crippen molar-refractivity contribution < 1.29 is 17.9 Å². The van der Waals surface area contributed by atoms with E-state index in [-0.39, 0.29) is 0 Å². The molecule has 0 aliphatic heterocycles. The third kappa shape index (κ3) is 4.86. The summed E-state index contributed by atoms with van der Waals surface area (Å²) >= 11 is 0. The fourth-order valence-electron chi connectivity index (χ4n) is 4.38. The first-order chi connectivity index (χ1) is 19.4. The Hall–Kier alpha value is -5.49. The second kappa shape index (κ2) is 10.0. The number of nitrogens with one attached hydrogen (secondary N) is 1. The van der Waals surface area contributed by atoms with Crippen molar-refractivity contribution in [1.29, 1.82) is 5.26 Å². The molecule has 0 radical (unpaired) electrons. The lowest BCUT2D eigenvalue weighted by atomic mass is 10.0. The van der Waals surface area contributed by atoms with E-state index in [0.717, 1.165) is 34.0 Å². The molecule has 6 rings (SSSR count). The van der Waals surface area contributed by atoms with Gasteiger partial charge in [-0.05, 0) is 60.7 Å². The largest absolute Gasteiger partial charge is 0.457 e. The monoisotopic (exact) mass is 533 g/mol. The van der Waals surface area contributed by atoms with E-state index in [4.69, 9.17) is 10.00 Å². The molecule has 2 heterocycles. The molecule has 0 aliphatic carbocycles. The van der Waals surface area contributed by atoms with Crippen LogP contribution in [0.25, 0.3) is 32.9 Å². The van der Waals surface area contributed by atoms with Crippen LogP contribution in [0, 0.1) is 11.3 Å². The molecule has 4 aromatic carbocycles. The number of aromatic nitrogens is 3. The highest BCUT2D eigenvalue weighted by atomic mass is 19.4. The quantitative estimate of drug-likeness (QED) is 0.240. The summed E-state index contributed by atoms with van der Waals surface area (Å²) in [6, 6.07) is 28.7. The fraction of sp³-hybridized carbons (Fsp3) is 0.0323. The number of alkyl halides is 3. The van der Waals surface area contributed by atoms with E-state index in [2.05, 4.69) is 26.6 Å². The van der Waals surface area contributed by atoms with Crippen LogP contribution in [-0.2, 0) is 6.18 Å². The maximum atomic E-state index is 13.0. The van der Waals surface area contributed by atoms with E-state index in [1.807, 2.05) is 54.6 Å². The molecule has 194 valence electrons. The average molecular weight is 534 g/mol. The molecule has 0 atom stereocenters. The number of ether oxygens (including phenoxy) is 1. The highest BCUT2D eigenvalue weighted by Crippen LogP contribution is 2.35. The molecule has 0 bridgehead atoms. The van der Waals surface area contributed by atoms with E-state index >= 15 is 0 Å². The number of hydrogen-bond acceptors (Lipinski definition) is 6. The van der Waals surface area contributed by atoms with Crippen molar-refractivity contribution in [2.45, 2.75) is 6.18 Å². The SMILES string of the molecule is N#Cc1ccc2c(Oc3ccc(Nc4nnc(-c5ccc(C(F)(F)F)cc5)c5ccccc45)cc3)ccnc2c1. The zero-order valence-electron chi connectivity index (χ0n) is 20.6. The highest BCUT2D eigenvalue weighted by molar-refractivity contribution is 6.00. The molecular formula is C31H18F3N5O.